The Bertz CT molecular complexity index is 538. The molecule has 2 rings (SSSR count). The van der Waals surface area contributed by atoms with Crippen molar-refractivity contribution in [3.63, 3.8) is 0 Å². The van der Waals surface area contributed by atoms with Gasteiger partial charge in [-0.3, -0.25) is 4.68 Å². The lowest BCUT2D eigenvalue weighted by Gasteiger charge is -2.07. The number of nitrogens with zero attached hydrogens (tertiary/aromatic N) is 4. The summed E-state index contributed by atoms with van der Waals surface area (Å²) < 4.78 is 7.37. The van der Waals surface area contributed by atoms with Crippen LogP contribution in [0.1, 0.15) is 26.0 Å². The Balaban J connectivity index is 2.12. The van der Waals surface area contributed by atoms with Crippen LogP contribution in [0.2, 0.25) is 0 Å². The van der Waals surface area contributed by atoms with Crippen LogP contribution in [0, 0.1) is 6.92 Å². The molecule has 0 aliphatic rings. The van der Waals surface area contributed by atoms with Crippen molar-refractivity contribution in [3.05, 3.63) is 24.2 Å². The average Bonchev–Trinajstić information content (AvgIpc) is 2.83. The van der Waals surface area contributed by atoms with E-state index in [1.54, 1.807) is 6.20 Å². The fraction of sp³-hybridized carbons (Fsp3) is 0.462. The van der Waals surface area contributed by atoms with E-state index in [9.17, 15) is 0 Å². The van der Waals surface area contributed by atoms with Gasteiger partial charge in [0.1, 0.15) is 0 Å². The molecule has 6 heteroatoms. The van der Waals surface area contributed by atoms with Crippen LogP contribution >= 0.6 is 0 Å². The summed E-state index contributed by atoms with van der Waals surface area (Å²) in [6, 6.07) is 1.83. The number of nitrogens with one attached hydrogen (secondary N) is 1. The van der Waals surface area contributed by atoms with Gasteiger partial charge in [-0.1, -0.05) is 6.92 Å². The second kappa shape index (κ2) is 6.17. The molecule has 102 valence electrons. The van der Waals surface area contributed by atoms with Crippen molar-refractivity contribution in [3.8, 4) is 5.88 Å². The predicted octanol–water partition coefficient (Wildman–Crippen LogP) is 2.53. The zero-order valence-electron chi connectivity index (χ0n) is 11.6. The van der Waals surface area contributed by atoms with Crippen LogP contribution in [-0.2, 0) is 6.54 Å². The number of ether oxygens (including phenoxy) is 1. The van der Waals surface area contributed by atoms with E-state index in [0.717, 1.165) is 24.3 Å². The molecule has 2 aromatic heterocycles. The maximum atomic E-state index is 5.53. The Hall–Kier alpha value is -2.11. The molecule has 0 saturated heterocycles. The first-order chi connectivity index (χ1) is 9.21. The molecule has 0 saturated carbocycles. The van der Waals surface area contributed by atoms with Gasteiger partial charge in [0.15, 0.2) is 0 Å². The first-order valence-electron chi connectivity index (χ1n) is 6.49. The van der Waals surface area contributed by atoms with Gasteiger partial charge in [-0.2, -0.15) is 10.1 Å². The molecule has 0 aromatic carbocycles. The topological polar surface area (TPSA) is 64.9 Å². The number of anilines is 2. The lowest BCUT2D eigenvalue weighted by atomic mass is 10.4. The minimum absolute atomic E-state index is 0.529. The van der Waals surface area contributed by atoms with Gasteiger partial charge in [-0.05, 0) is 20.3 Å². The van der Waals surface area contributed by atoms with Gasteiger partial charge in [0.25, 0.3) is 0 Å². The van der Waals surface area contributed by atoms with Crippen molar-refractivity contribution in [1.82, 2.24) is 19.7 Å². The maximum absolute atomic E-state index is 5.53. The average molecular weight is 261 g/mol. The minimum Gasteiger partial charge on any atom is -0.478 e. The lowest BCUT2D eigenvalue weighted by Crippen LogP contribution is -2.03. The minimum atomic E-state index is 0.529. The van der Waals surface area contributed by atoms with Gasteiger partial charge in [0.2, 0.25) is 11.8 Å². The van der Waals surface area contributed by atoms with Crippen LogP contribution in [0.4, 0.5) is 11.6 Å². The monoisotopic (exact) mass is 261 g/mol. The highest BCUT2D eigenvalue weighted by atomic mass is 16.5. The highest BCUT2D eigenvalue weighted by molar-refractivity contribution is 5.51. The van der Waals surface area contributed by atoms with Gasteiger partial charge in [0, 0.05) is 24.5 Å². The Morgan fingerprint density at radius 3 is 2.84 bits per heavy atom. The van der Waals surface area contributed by atoms with Gasteiger partial charge < -0.3 is 10.1 Å². The third kappa shape index (κ3) is 3.67. The van der Waals surface area contributed by atoms with E-state index in [1.165, 1.54) is 0 Å². The molecule has 19 heavy (non-hydrogen) atoms. The number of aryl methyl sites for hydroxylation is 2. The van der Waals surface area contributed by atoms with Crippen molar-refractivity contribution >= 4 is 11.6 Å². The first-order valence-corrected chi connectivity index (χ1v) is 6.49. The van der Waals surface area contributed by atoms with Crippen molar-refractivity contribution in [2.75, 3.05) is 11.9 Å². The van der Waals surface area contributed by atoms with Gasteiger partial charge in [-0.25, -0.2) is 4.98 Å². The van der Waals surface area contributed by atoms with Crippen LogP contribution in [-0.4, -0.2) is 26.4 Å². The molecule has 0 fully saturated rings. The zero-order chi connectivity index (χ0) is 13.7. The van der Waals surface area contributed by atoms with Crippen LogP contribution in [0.15, 0.2) is 18.5 Å². The van der Waals surface area contributed by atoms with E-state index in [1.807, 2.05) is 30.8 Å². The molecule has 0 aliphatic heterocycles. The van der Waals surface area contributed by atoms with Gasteiger partial charge in [0.05, 0.1) is 18.5 Å². The Morgan fingerprint density at radius 2 is 2.16 bits per heavy atom. The Kier molecular flexibility index (Phi) is 4.33. The standard InChI is InChI=1S/C13H19N5O/c1-4-6-19-12-7-10(3)15-13(17-12)16-11-8-14-18(5-2)9-11/h7-9H,4-6H2,1-3H3,(H,15,16,17). The molecule has 0 aliphatic carbocycles. The van der Waals surface area contributed by atoms with Gasteiger partial charge in [-0.15, -0.1) is 0 Å². The summed E-state index contributed by atoms with van der Waals surface area (Å²) in [7, 11) is 0. The van der Waals surface area contributed by atoms with E-state index >= 15 is 0 Å². The third-order valence-corrected chi connectivity index (χ3v) is 2.50. The van der Waals surface area contributed by atoms with Crippen LogP contribution in [0.25, 0.3) is 0 Å². The number of hydrogen-bond donors (Lipinski definition) is 1. The SMILES string of the molecule is CCCOc1cc(C)nc(Nc2cnn(CC)c2)n1. The summed E-state index contributed by atoms with van der Waals surface area (Å²) in [6.07, 6.45) is 4.62. The second-order valence-corrected chi connectivity index (χ2v) is 4.23. The molecule has 0 amide bonds. The summed E-state index contributed by atoms with van der Waals surface area (Å²) >= 11 is 0. The Morgan fingerprint density at radius 1 is 1.32 bits per heavy atom. The summed E-state index contributed by atoms with van der Waals surface area (Å²) in [5.74, 6) is 1.13. The second-order valence-electron chi connectivity index (χ2n) is 4.23. The normalized spacial score (nSPS) is 10.5. The highest BCUT2D eigenvalue weighted by Gasteiger charge is 2.05. The smallest absolute Gasteiger partial charge is 0.230 e. The number of hydrogen-bond acceptors (Lipinski definition) is 5. The Labute approximate surface area is 112 Å². The molecule has 6 nitrogen and oxygen atoms in total. The molecule has 0 bridgehead atoms. The molecule has 0 radical (unpaired) electrons. The zero-order valence-corrected chi connectivity index (χ0v) is 11.6. The van der Waals surface area contributed by atoms with Crippen molar-refractivity contribution in [2.24, 2.45) is 0 Å². The number of rotatable bonds is 6. The third-order valence-electron chi connectivity index (χ3n) is 2.50. The predicted molar refractivity (Wildman–Crippen MR) is 73.7 cm³/mol. The highest BCUT2D eigenvalue weighted by Crippen LogP contribution is 2.16. The van der Waals surface area contributed by atoms with Crippen molar-refractivity contribution in [2.45, 2.75) is 33.7 Å². The largest absolute Gasteiger partial charge is 0.478 e. The molecular formula is C13H19N5O. The fourth-order valence-corrected chi connectivity index (χ4v) is 1.61. The summed E-state index contributed by atoms with van der Waals surface area (Å²) in [6.45, 7) is 7.51. The quantitative estimate of drug-likeness (QED) is 0.865. The van der Waals surface area contributed by atoms with Gasteiger partial charge >= 0.3 is 0 Å². The van der Waals surface area contributed by atoms with Crippen LogP contribution < -0.4 is 10.1 Å². The fourth-order valence-electron chi connectivity index (χ4n) is 1.61. The van der Waals surface area contributed by atoms with Crippen LogP contribution in [0.5, 0.6) is 5.88 Å². The van der Waals surface area contributed by atoms with Crippen molar-refractivity contribution in [1.29, 1.82) is 0 Å². The van der Waals surface area contributed by atoms with Crippen LogP contribution in [0.3, 0.4) is 0 Å². The van der Waals surface area contributed by atoms with Crippen molar-refractivity contribution < 1.29 is 4.74 Å². The van der Waals surface area contributed by atoms with E-state index < -0.39 is 0 Å². The lowest BCUT2D eigenvalue weighted by molar-refractivity contribution is 0.305. The molecule has 1 N–H and O–H groups in total. The molecule has 0 unspecified atom stereocenters. The summed E-state index contributed by atoms with van der Waals surface area (Å²) in [5.41, 5.74) is 1.74. The molecule has 0 atom stereocenters. The maximum Gasteiger partial charge on any atom is 0.230 e. The molecule has 2 heterocycles. The molecule has 2 aromatic rings. The summed E-state index contributed by atoms with van der Waals surface area (Å²) in [4.78, 5) is 8.65. The summed E-state index contributed by atoms with van der Waals surface area (Å²) in [5, 5.41) is 7.32. The van der Waals surface area contributed by atoms with E-state index in [-0.39, 0.29) is 0 Å². The first kappa shape index (κ1) is 13.3. The molecule has 0 spiro atoms. The van der Waals surface area contributed by atoms with E-state index in [2.05, 4.69) is 27.3 Å². The van der Waals surface area contributed by atoms with E-state index in [4.69, 9.17) is 4.74 Å². The van der Waals surface area contributed by atoms with E-state index in [0.29, 0.717) is 18.4 Å². The number of aromatic nitrogens is 4. The molecular weight excluding hydrogens is 242 g/mol.